The van der Waals surface area contributed by atoms with Crippen LogP contribution in [0.4, 0.5) is 11.4 Å². The highest BCUT2D eigenvalue weighted by Crippen LogP contribution is 2.31. The van der Waals surface area contributed by atoms with Gasteiger partial charge in [-0.25, -0.2) is 13.6 Å². The Bertz CT molecular complexity index is 859. The van der Waals surface area contributed by atoms with Crippen molar-refractivity contribution in [1.29, 1.82) is 0 Å². The molecule has 0 bridgehead atoms. The lowest BCUT2D eigenvalue weighted by atomic mass is 10.2. The second kappa shape index (κ2) is 9.06. The van der Waals surface area contributed by atoms with Crippen LogP contribution in [-0.2, 0) is 14.8 Å². The number of piperazine rings is 1. The van der Waals surface area contributed by atoms with Crippen LogP contribution in [0.3, 0.4) is 0 Å². The molecule has 1 aromatic carbocycles. The number of nitrogens with two attached hydrogens (primary N) is 1. The van der Waals surface area contributed by atoms with Crippen molar-refractivity contribution >= 4 is 27.3 Å². The normalized spacial score (nSPS) is 19.1. The van der Waals surface area contributed by atoms with Gasteiger partial charge in [-0.15, -0.1) is 0 Å². The number of amides is 1. The highest BCUT2D eigenvalue weighted by Gasteiger charge is 2.27. The summed E-state index contributed by atoms with van der Waals surface area (Å²) in [5.41, 5.74) is 0.0755. The molecule has 1 amide bonds. The Labute approximate surface area is 170 Å². The standard InChI is InChI=1S/C18H27N5O5S/c19-29(27,28)15-5-6-16(17(13-15)23(25)26)21-11-9-20(10-12-21)14-18(24)22-7-3-1-2-4-8-22/h5-6,13H,1-4,7-12,14H2,(H2,19,27,28). The summed E-state index contributed by atoms with van der Waals surface area (Å²) in [5.74, 6) is 0.142. The van der Waals surface area contributed by atoms with Crippen molar-refractivity contribution in [2.24, 2.45) is 5.14 Å². The molecule has 2 aliphatic heterocycles. The van der Waals surface area contributed by atoms with Gasteiger partial charge < -0.3 is 9.80 Å². The van der Waals surface area contributed by atoms with Gasteiger partial charge in [0, 0.05) is 45.3 Å². The summed E-state index contributed by atoms with van der Waals surface area (Å²) in [6, 6.07) is 3.71. The Morgan fingerprint density at radius 3 is 2.21 bits per heavy atom. The van der Waals surface area contributed by atoms with Gasteiger partial charge in [0.2, 0.25) is 15.9 Å². The molecule has 0 radical (unpaired) electrons. The number of anilines is 1. The number of nitrogens with zero attached hydrogens (tertiary/aromatic N) is 4. The maximum atomic E-state index is 12.6. The van der Waals surface area contributed by atoms with Crippen LogP contribution in [0.1, 0.15) is 25.7 Å². The van der Waals surface area contributed by atoms with Gasteiger partial charge in [0.05, 0.1) is 16.4 Å². The third-order valence-electron chi connectivity index (χ3n) is 5.50. The fourth-order valence-electron chi connectivity index (χ4n) is 3.85. The van der Waals surface area contributed by atoms with Crippen LogP contribution >= 0.6 is 0 Å². The molecule has 0 aromatic heterocycles. The van der Waals surface area contributed by atoms with Crippen LogP contribution in [0.15, 0.2) is 23.1 Å². The first-order chi connectivity index (χ1) is 13.8. The van der Waals surface area contributed by atoms with Gasteiger partial charge in [-0.05, 0) is 25.0 Å². The number of carbonyl (C=O) groups excluding carboxylic acids is 1. The van der Waals surface area contributed by atoms with E-state index in [4.69, 9.17) is 5.14 Å². The molecule has 2 N–H and O–H groups in total. The van der Waals surface area contributed by atoms with Crippen molar-refractivity contribution in [3.05, 3.63) is 28.3 Å². The zero-order valence-electron chi connectivity index (χ0n) is 16.3. The zero-order chi connectivity index (χ0) is 21.0. The van der Waals surface area contributed by atoms with Gasteiger partial charge in [-0.2, -0.15) is 0 Å². The Kier molecular flexibility index (Phi) is 6.70. The third kappa shape index (κ3) is 5.43. The second-order valence-electron chi connectivity index (χ2n) is 7.51. The predicted octanol–water partition coefficient (Wildman–Crippen LogP) is 0.767. The van der Waals surface area contributed by atoms with E-state index >= 15 is 0 Å². The van der Waals surface area contributed by atoms with Gasteiger partial charge in [0.25, 0.3) is 5.69 Å². The van der Waals surface area contributed by atoms with Gasteiger partial charge in [0.15, 0.2) is 0 Å². The van der Waals surface area contributed by atoms with Crippen LogP contribution in [-0.4, -0.2) is 74.9 Å². The van der Waals surface area contributed by atoms with Crippen molar-refractivity contribution in [2.45, 2.75) is 30.6 Å². The molecule has 2 saturated heterocycles. The second-order valence-corrected chi connectivity index (χ2v) is 9.07. The maximum Gasteiger partial charge on any atom is 0.293 e. The minimum absolute atomic E-state index is 0.142. The Morgan fingerprint density at radius 2 is 1.66 bits per heavy atom. The Balaban J connectivity index is 1.63. The molecule has 0 saturated carbocycles. The number of hydrogen-bond acceptors (Lipinski definition) is 7. The van der Waals surface area contributed by atoms with E-state index in [9.17, 15) is 23.3 Å². The van der Waals surface area contributed by atoms with E-state index in [1.165, 1.54) is 25.0 Å². The Hall–Kier alpha value is -2.24. The number of primary sulfonamides is 1. The van der Waals surface area contributed by atoms with Crippen LogP contribution in [0.5, 0.6) is 0 Å². The molecule has 0 spiro atoms. The average molecular weight is 426 g/mol. The highest BCUT2D eigenvalue weighted by molar-refractivity contribution is 7.89. The molecule has 1 aromatic rings. The summed E-state index contributed by atoms with van der Waals surface area (Å²) in [6.07, 6.45) is 4.45. The summed E-state index contributed by atoms with van der Waals surface area (Å²) in [7, 11) is -4.02. The molecule has 29 heavy (non-hydrogen) atoms. The molecule has 10 nitrogen and oxygen atoms in total. The largest absolute Gasteiger partial charge is 0.363 e. The number of nitro benzene ring substituents is 1. The number of benzene rings is 1. The first-order valence-corrected chi connectivity index (χ1v) is 11.4. The van der Waals surface area contributed by atoms with E-state index in [2.05, 4.69) is 4.90 Å². The number of hydrogen-bond donors (Lipinski definition) is 1. The third-order valence-corrected chi connectivity index (χ3v) is 6.41. The fraction of sp³-hybridized carbons (Fsp3) is 0.611. The van der Waals surface area contributed by atoms with Crippen molar-refractivity contribution in [3.63, 3.8) is 0 Å². The molecular weight excluding hydrogens is 398 g/mol. The van der Waals surface area contributed by atoms with Crippen LogP contribution in [0.2, 0.25) is 0 Å². The number of rotatable bonds is 5. The topological polar surface area (TPSA) is 130 Å². The Morgan fingerprint density at radius 1 is 1.03 bits per heavy atom. The van der Waals surface area contributed by atoms with Gasteiger partial charge in [-0.3, -0.25) is 19.8 Å². The molecule has 0 atom stereocenters. The van der Waals surface area contributed by atoms with Crippen molar-refractivity contribution < 1.29 is 18.1 Å². The molecule has 3 rings (SSSR count). The SMILES string of the molecule is NS(=O)(=O)c1ccc(N2CCN(CC(=O)N3CCCCCC3)CC2)c([N+](=O)[O-])c1. The van der Waals surface area contributed by atoms with E-state index in [0.29, 0.717) is 38.4 Å². The van der Waals surface area contributed by atoms with E-state index in [0.717, 1.165) is 32.0 Å². The number of carbonyl (C=O) groups is 1. The van der Waals surface area contributed by atoms with Gasteiger partial charge in [0.1, 0.15) is 5.69 Å². The number of sulfonamides is 1. The molecule has 160 valence electrons. The molecule has 11 heteroatoms. The van der Waals surface area contributed by atoms with E-state index in [1.54, 1.807) is 0 Å². The van der Waals surface area contributed by atoms with Gasteiger partial charge in [-0.1, -0.05) is 12.8 Å². The van der Waals surface area contributed by atoms with E-state index < -0.39 is 14.9 Å². The monoisotopic (exact) mass is 425 g/mol. The molecule has 0 aliphatic carbocycles. The summed E-state index contributed by atoms with van der Waals surface area (Å²) in [4.78, 5) is 29.0. The maximum absolute atomic E-state index is 12.6. The quantitative estimate of drug-likeness (QED) is 0.544. The number of likely N-dealkylation sites (tertiary alicyclic amines) is 1. The van der Waals surface area contributed by atoms with Gasteiger partial charge >= 0.3 is 0 Å². The molecule has 2 fully saturated rings. The minimum Gasteiger partial charge on any atom is -0.363 e. The zero-order valence-corrected chi connectivity index (χ0v) is 17.1. The first-order valence-electron chi connectivity index (χ1n) is 9.82. The lowest BCUT2D eigenvalue weighted by Crippen LogP contribution is -2.50. The highest BCUT2D eigenvalue weighted by atomic mass is 32.2. The summed E-state index contributed by atoms with van der Waals surface area (Å²) in [5, 5.41) is 16.5. The van der Waals surface area contributed by atoms with Crippen LogP contribution < -0.4 is 10.0 Å². The van der Waals surface area contributed by atoms with E-state index in [-0.39, 0.29) is 16.5 Å². The number of nitro groups is 1. The summed E-state index contributed by atoms with van der Waals surface area (Å²) >= 11 is 0. The summed E-state index contributed by atoms with van der Waals surface area (Å²) < 4.78 is 23.0. The smallest absolute Gasteiger partial charge is 0.293 e. The minimum atomic E-state index is -4.02. The van der Waals surface area contributed by atoms with Crippen LogP contribution in [0.25, 0.3) is 0 Å². The molecule has 2 aliphatic rings. The average Bonchev–Trinajstić information content (AvgIpc) is 2.97. The van der Waals surface area contributed by atoms with E-state index in [1.807, 2.05) is 9.80 Å². The lowest BCUT2D eigenvalue weighted by molar-refractivity contribution is -0.384. The van der Waals surface area contributed by atoms with Crippen molar-refractivity contribution in [1.82, 2.24) is 9.80 Å². The van der Waals surface area contributed by atoms with Crippen LogP contribution in [0, 0.1) is 10.1 Å². The predicted molar refractivity (Wildman–Crippen MR) is 108 cm³/mol. The lowest BCUT2D eigenvalue weighted by Gasteiger charge is -2.36. The molecule has 0 unspecified atom stereocenters. The van der Waals surface area contributed by atoms with Crippen molar-refractivity contribution in [3.8, 4) is 0 Å². The fourth-order valence-corrected chi connectivity index (χ4v) is 4.39. The summed E-state index contributed by atoms with van der Waals surface area (Å²) in [6.45, 7) is 4.25. The molecular formula is C18H27N5O5S. The first kappa shape index (κ1) is 21.5. The van der Waals surface area contributed by atoms with Crippen molar-refractivity contribution in [2.75, 3.05) is 50.7 Å². The molecule has 2 heterocycles.